The maximum atomic E-state index is 11.9. The zero-order valence-electron chi connectivity index (χ0n) is 11.6. The van der Waals surface area contributed by atoms with Crippen molar-refractivity contribution in [3.63, 3.8) is 0 Å². The molecule has 2 aromatic rings. The fourth-order valence-corrected chi connectivity index (χ4v) is 1.94. The van der Waals surface area contributed by atoms with Crippen molar-refractivity contribution in [1.29, 1.82) is 0 Å². The highest BCUT2D eigenvalue weighted by Crippen LogP contribution is 2.09. The van der Waals surface area contributed by atoms with Crippen LogP contribution in [0, 0.1) is 0 Å². The van der Waals surface area contributed by atoms with Crippen LogP contribution >= 0.6 is 0 Å². The second-order valence-electron chi connectivity index (χ2n) is 4.50. The fraction of sp³-hybridized carbons (Fsp3) is 0.333. The number of aryl methyl sites for hydroxylation is 1. The average Bonchev–Trinajstić information content (AvgIpc) is 2.98. The van der Waals surface area contributed by atoms with Crippen LogP contribution in [0.1, 0.15) is 29.5 Å². The number of rotatable bonds is 7. The molecule has 20 heavy (non-hydrogen) atoms. The van der Waals surface area contributed by atoms with Crippen LogP contribution < -0.4 is 10.6 Å². The predicted octanol–water partition coefficient (Wildman–Crippen LogP) is 2.20. The van der Waals surface area contributed by atoms with Crippen molar-refractivity contribution in [3.8, 4) is 0 Å². The number of aromatic amines is 1. The van der Waals surface area contributed by atoms with Crippen molar-refractivity contribution >= 4 is 11.6 Å². The molecular weight excluding hydrogens is 252 g/mol. The molecule has 1 amide bonds. The quantitative estimate of drug-likeness (QED) is 0.677. The van der Waals surface area contributed by atoms with Crippen LogP contribution in [0.15, 0.2) is 36.7 Å². The van der Waals surface area contributed by atoms with Crippen LogP contribution in [0.3, 0.4) is 0 Å². The monoisotopic (exact) mass is 272 g/mol. The summed E-state index contributed by atoms with van der Waals surface area (Å²) in [7, 11) is 0. The summed E-state index contributed by atoms with van der Waals surface area (Å²) in [5.41, 5.74) is 1.71. The molecule has 106 valence electrons. The molecular formula is C15H20N4O. The van der Waals surface area contributed by atoms with Crippen molar-refractivity contribution in [2.75, 3.05) is 18.4 Å². The van der Waals surface area contributed by atoms with E-state index in [1.807, 2.05) is 31.2 Å². The molecule has 3 N–H and O–H groups in total. The SMILES string of the molecule is CCNc1ccc(C(=O)NCCCc2ncc[nH]2)cc1. The Bertz CT molecular complexity index is 519. The molecule has 1 aromatic carbocycles. The van der Waals surface area contributed by atoms with Gasteiger partial charge >= 0.3 is 0 Å². The van der Waals surface area contributed by atoms with E-state index in [-0.39, 0.29) is 5.91 Å². The molecule has 0 spiro atoms. The van der Waals surface area contributed by atoms with Gasteiger partial charge < -0.3 is 15.6 Å². The van der Waals surface area contributed by atoms with Gasteiger partial charge in [0.05, 0.1) is 0 Å². The number of anilines is 1. The van der Waals surface area contributed by atoms with Gasteiger partial charge in [0.15, 0.2) is 0 Å². The van der Waals surface area contributed by atoms with Gasteiger partial charge in [-0.3, -0.25) is 4.79 Å². The van der Waals surface area contributed by atoms with Crippen LogP contribution in [0.4, 0.5) is 5.69 Å². The van der Waals surface area contributed by atoms with Crippen LogP contribution in [-0.2, 0) is 6.42 Å². The number of aromatic nitrogens is 2. The summed E-state index contributed by atoms with van der Waals surface area (Å²) >= 11 is 0. The number of benzene rings is 1. The third-order valence-electron chi connectivity index (χ3n) is 2.96. The standard InChI is InChI=1S/C15H20N4O/c1-2-16-13-7-5-12(6-8-13)15(20)19-9-3-4-14-17-10-11-18-14/h5-8,10-11,16H,2-4,9H2,1H3,(H,17,18)(H,19,20). The zero-order chi connectivity index (χ0) is 14.2. The van der Waals surface area contributed by atoms with Gasteiger partial charge in [-0.2, -0.15) is 0 Å². The van der Waals surface area contributed by atoms with E-state index in [4.69, 9.17) is 0 Å². The van der Waals surface area contributed by atoms with Crippen LogP contribution in [0.2, 0.25) is 0 Å². The van der Waals surface area contributed by atoms with Gasteiger partial charge in [0.25, 0.3) is 5.91 Å². The van der Waals surface area contributed by atoms with Gasteiger partial charge in [0, 0.05) is 43.2 Å². The Hall–Kier alpha value is -2.30. The lowest BCUT2D eigenvalue weighted by molar-refractivity contribution is 0.0953. The molecule has 0 saturated heterocycles. The second kappa shape index (κ2) is 7.33. The van der Waals surface area contributed by atoms with E-state index in [2.05, 4.69) is 20.6 Å². The number of carbonyl (C=O) groups excluding carboxylic acids is 1. The number of hydrogen-bond donors (Lipinski definition) is 3. The smallest absolute Gasteiger partial charge is 0.251 e. The second-order valence-corrected chi connectivity index (χ2v) is 4.50. The Balaban J connectivity index is 1.73. The summed E-state index contributed by atoms with van der Waals surface area (Å²) in [6.07, 6.45) is 5.25. The molecule has 0 aliphatic rings. The molecule has 0 fully saturated rings. The number of hydrogen-bond acceptors (Lipinski definition) is 3. The number of nitrogens with zero attached hydrogens (tertiary/aromatic N) is 1. The third-order valence-corrected chi connectivity index (χ3v) is 2.96. The average molecular weight is 272 g/mol. The molecule has 0 unspecified atom stereocenters. The molecule has 5 heteroatoms. The first-order valence-electron chi connectivity index (χ1n) is 6.90. The Morgan fingerprint density at radius 3 is 2.75 bits per heavy atom. The minimum absolute atomic E-state index is 0.0347. The van der Waals surface area contributed by atoms with Crippen molar-refractivity contribution in [3.05, 3.63) is 48.0 Å². The van der Waals surface area contributed by atoms with Gasteiger partial charge in [0.2, 0.25) is 0 Å². The normalized spacial score (nSPS) is 10.2. The summed E-state index contributed by atoms with van der Waals surface area (Å²) in [5.74, 6) is 0.918. The number of H-pyrrole nitrogens is 1. The molecule has 0 bridgehead atoms. The van der Waals surface area contributed by atoms with Crippen LogP contribution in [0.5, 0.6) is 0 Å². The molecule has 0 atom stereocenters. The highest BCUT2D eigenvalue weighted by atomic mass is 16.1. The minimum Gasteiger partial charge on any atom is -0.385 e. The molecule has 2 rings (SSSR count). The van der Waals surface area contributed by atoms with Gasteiger partial charge in [-0.05, 0) is 37.6 Å². The predicted molar refractivity (Wildman–Crippen MR) is 79.8 cm³/mol. The van der Waals surface area contributed by atoms with Crippen molar-refractivity contribution in [2.24, 2.45) is 0 Å². The van der Waals surface area contributed by atoms with Crippen molar-refractivity contribution < 1.29 is 4.79 Å². The topological polar surface area (TPSA) is 69.8 Å². The number of imidazole rings is 1. The Morgan fingerprint density at radius 2 is 2.10 bits per heavy atom. The van der Waals surface area contributed by atoms with Crippen molar-refractivity contribution in [2.45, 2.75) is 19.8 Å². The Labute approximate surface area is 118 Å². The van der Waals surface area contributed by atoms with Crippen molar-refractivity contribution in [1.82, 2.24) is 15.3 Å². The summed E-state index contributed by atoms with van der Waals surface area (Å²) < 4.78 is 0. The lowest BCUT2D eigenvalue weighted by Gasteiger charge is -2.06. The van der Waals surface area contributed by atoms with E-state index in [0.29, 0.717) is 12.1 Å². The van der Waals surface area contributed by atoms with E-state index >= 15 is 0 Å². The molecule has 1 aromatic heterocycles. The minimum atomic E-state index is -0.0347. The van der Waals surface area contributed by atoms with E-state index in [0.717, 1.165) is 30.9 Å². The van der Waals surface area contributed by atoms with Crippen LogP contribution in [-0.4, -0.2) is 29.0 Å². The summed E-state index contributed by atoms with van der Waals surface area (Å²) in [6, 6.07) is 7.50. The van der Waals surface area contributed by atoms with Gasteiger partial charge in [-0.25, -0.2) is 4.98 Å². The third kappa shape index (κ3) is 4.12. The number of nitrogens with one attached hydrogen (secondary N) is 3. The number of carbonyl (C=O) groups is 1. The summed E-state index contributed by atoms with van der Waals surface area (Å²) in [4.78, 5) is 19.1. The first kappa shape index (κ1) is 14.1. The molecule has 0 aliphatic carbocycles. The Morgan fingerprint density at radius 1 is 1.30 bits per heavy atom. The van der Waals surface area contributed by atoms with Gasteiger partial charge in [-0.15, -0.1) is 0 Å². The van der Waals surface area contributed by atoms with Crippen LogP contribution in [0.25, 0.3) is 0 Å². The lowest BCUT2D eigenvalue weighted by Crippen LogP contribution is -2.24. The molecule has 0 radical (unpaired) electrons. The highest BCUT2D eigenvalue weighted by molar-refractivity contribution is 5.94. The first-order chi connectivity index (χ1) is 9.79. The maximum Gasteiger partial charge on any atom is 0.251 e. The van der Waals surface area contributed by atoms with Gasteiger partial charge in [-0.1, -0.05) is 0 Å². The van der Waals surface area contributed by atoms with E-state index in [9.17, 15) is 4.79 Å². The lowest BCUT2D eigenvalue weighted by atomic mass is 10.2. The van der Waals surface area contributed by atoms with E-state index in [1.54, 1.807) is 12.4 Å². The summed E-state index contributed by atoms with van der Waals surface area (Å²) in [5, 5.41) is 6.11. The van der Waals surface area contributed by atoms with Gasteiger partial charge in [0.1, 0.15) is 5.82 Å². The Kier molecular flexibility index (Phi) is 5.17. The number of amides is 1. The largest absolute Gasteiger partial charge is 0.385 e. The zero-order valence-corrected chi connectivity index (χ0v) is 11.6. The molecule has 0 saturated carbocycles. The highest BCUT2D eigenvalue weighted by Gasteiger charge is 2.04. The fourth-order valence-electron chi connectivity index (χ4n) is 1.94. The first-order valence-corrected chi connectivity index (χ1v) is 6.90. The molecule has 5 nitrogen and oxygen atoms in total. The molecule has 0 aliphatic heterocycles. The van der Waals surface area contributed by atoms with E-state index in [1.165, 1.54) is 0 Å². The van der Waals surface area contributed by atoms with E-state index < -0.39 is 0 Å². The molecule has 1 heterocycles. The summed E-state index contributed by atoms with van der Waals surface area (Å²) in [6.45, 7) is 3.56. The maximum absolute atomic E-state index is 11.9.